The molecule has 0 radical (unpaired) electrons. The molecule has 15 nitrogen and oxygen atoms in total. The summed E-state index contributed by atoms with van der Waals surface area (Å²) in [6, 6.07) is 0. The maximum Gasteiger partial charge on any atom is 0.358 e. The van der Waals surface area contributed by atoms with Gasteiger partial charge in [-0.1, -0.05) is 0 Å². The zero-order valence-electron chi connectivity index (χ0n) is 19.5. The topological polar surface area (TPSA) is 181 Å². The van der Waals surface area contributed by atoms with Crippen molar-refractivity contribution in [3.05, 3.63) is 0 Å². The highest BCUT2D eigenvalue weighted by Crippen LogP contribution is 2.13. The number of nitrogens with zero attached hydrogens (tertiary/aromatic N) is 2. The Morgan fingerprint density at radius 3 is 1.54 bits per heavy atom. The van der Waals surface area contributed by atoms with Crippen LogP contribution in [0.2, 0.25) is 0 Å². The van der Waals surface area contributed by atoms with E-state index in [-0.39, 0.29) is 65.0 Å². The van der Waals surface area contributed by atoms with Crippen LogP contribution in [-0.4, -0.2) is 98.9 Å². The van der Waals surface area contributed by atoms with Gasteiger partial charge in [-0.25, -0.2) is 9.59 Å². The van der Waals surface area contributed by atoms with Crippen LogP contribution in [0, 0.1) is 0 Å². The summed E-state index contributed by atoms with van der Waals surface area (Å²) in [5.74, 6) is -4.30. The number of carbonyl (C=O) groups is 7. The molecule has 2 saturated heterocycles. The lowest BCUT2D eigenvalue weighted by atomic mass is 10.3. The van der Waals surface area contributed by atoms with Crippen molar-refractivity contribution in [1.82, 2.24) is 10.1 Å². The number of methoxy groups -OCH3 is 2. The fourth-order valence-electron chi connectivity index (χ4n) is 2.40. The van der Waals surface area contributed by atoms with E-state index in [0.717, 1.165) is 0 Å². The van der Waals surface area contributed by atoms with Gasteiger partial charge in [0.05, 0.1) is 32.7 Å². The molecule has 4 amide bonds. The van der Waals surface area contributed by atoms with E-state index < -0.39 is 41.5 Å². The van der Waals surface area contributed by atoms with E-state index in [2.05, 4.69) is 14.4 Å². The smallest absolute Gasteiger partial charge is 0.358 e. The van der Waals surface area contributed by atoms with Gasteiger partial charge < -0.3 is 28.6 Å². The van der Waals surface area contributed by atoms with Crippen LogP contribution in [0.1, 0.15) is 38.5 Å². The molecule has 0 saturated carbocycles. The molecule has 0 aromatic rings. The summed E-state index contributed by atoms with van der Waals surface area (Å²) < 4.78 is 19.0. The normalized spacial score (nSPS) is 15.1. The molecule has 15 heteroatoms. The second-order valence-corrected chi connectivity index (χ2v) is 6.85. The van der Waals surface area contributed by atoms with Crippen molar-refractivity contribution in [1.29, 1.82) is 0 Å². The minimum absolute atomic E-state index is 0.0329. The summed E-state index contributed by atoms with van der Waals surface area (Å²) in [4.78, 5) is 87.2. The first kappa shape index (κ1) is 29.6. The summed E-state index contributed by atoms with van der Waals surface area (Å²) in [7, 11) is 2.97. The van der Waals surface area contributed by atoms with Crippen molar-refractivity contribution in [2.24, 2.45) is 0 Å². The molecule has 0 N–H and O–H groups in total. The van der Waals surface area contributed by atoms with Gasteiger partial charge in [0.1, 0.15) is 13.2 Å². The van der Waals surface area contributed by atoms with Crippen LogP contribution in [-0.2, 0) is 62.2 Å². The first-order valence-corrected chi connectivity index (χ1v) is 10.5. The maximum absolute atomic E-state index is 11.3. The minimum atomic E-state index is -0.827. The predicted octanol–water partition coefficient (Wildman–Crippen LogP) is -1.18. The standard InChI is InChI=1S/C11H15NO7.C9H13NO6/c1-17-6-7-18-10(15)4-5-11(16)19-12-8(13)2-3-9(12)14;1-14-4-5-15-6-9(13)16-10-7(11)2-3-8(10)12/h2-7H2,1H3;2-6H2,1H3. The molecule has 2 aliphatic rings. The molecule has 0 aromatic heterocycles. The molecule has 2 rings (SSSR count). The lowest BCUT2D eigenvalue weighted by Gasteiger charge is -2.12. The van der Waals surface area contributed by atoms with E-state index in [0.29, 0.717) is 16.7 Å². The van der Waals surface area contributed by atoms with Crippen LogP contribution in [0.25, 0.3) is 0 Å². The number of hydrogen-bond acceptors (Lipinski definition) is 13. The second-order valence-electron chi connectivity index (χ2n) is 6.85. The molecule has 0 aliphatic carbocycles. The van der Waals surface area contributed by atoms with Crippen molar-refractivity contribution in [2.45, 2.75) is 38.5 Å². The van der Waals surface area contributed by atoms with Gasteiger partial charge in [0, 0.05) is 39.9 Å². The van der Waals surface area contributed by atoms with Crippen molar-refractivity contribution >= 4 is 41.5 Å². The van der Waals surface area contributed by atoms with Gasteiger partial charge in [-0.05, 0) is 0 Å². The van der Waals surface area contributed by atoms with Crippen LogP contribution >= 0.6 is 0 Å². The zero-order chi connectivity index (χ0) is 26.2. The highest BCUT2D eigenvalue weighted by molar-refractivity contribution is 6.02. The average Bonchev–Trinajstić information content (AvgIpc) is 3.31. The summed E-state index contributed by atoms with van der Waals surface area (Å²) >= 11 is 0. The van der Waals surface area contributed by atoms with E-state index in [1.165, 1.54) is 14.2 Å². The third-order valence-corrected chi connectivity index (χ3v) is 4.13. The Kier molecular flexibility index (Phi) is 13.7. The van der Waals surface area contributed by atoms with Gasteiger partial charge in [-0.15, -0.1) is 10.1 Å². The number of imide groups is 2. The van der Waals surface area contributed by atoms with Crippen molar-refractivity contribution in [3.8, 4) is 0 Å². The van der Waals surface area contributed by atoms with Crippen molar-refractivity contribution < 1.29 is 62.2 Å². The number of amides is 4. The molecule has 35 heavy (non-hydrogen) atoms. The molecule has 0 bridgehead atoms. The molecule has 196 valence electrons. The molecule has 0 aromatic carbocycles. The quantitative estimate of drug-likeness (QED) is 0.166. The molecule has 0 spiro atoms. The van der Waals surface area contributed by atoms with E-state index in [1.807, 2.05) is 0 Å². The third kappa shape index (κ3) is 11.5. The van der Waals surface area contributed by atoms with E-state index in [9.17, 15) is 33.6 Å². The Morgan fingerprint density at radius 2 is 1.06 bits per heavy atom. The van der Waals surface area contributed by atoms with Crippen LogP contribution in [0.5, 0.6) is 0 Å². The van der Waals surface area contributed by atoms with Crippen molar-refractivity contribution in [2.75, 3.05) is 47.3 Å². The summed E-state index contributed by atoms with van der Waals surface area (Å²) in [6.07, 6.45) is -0.217. The number of rotatable bonds is 13. The summed E-state index contributed by atoms with van der Waals surface area (Å²) in [5.41, 5.74) is 0. The first-order valence-electron chi connectivity index (χ1n) is 10.5. The fraction of sp³-hybridized carbons (Fsp3) is 0.650. The molecule has 2 aliphatic heterocycles. The lowest BCUT2D eigenvalue weighted by molar-refractivity contribution is -0.200. The van der Waals surface area contributed by atoms with Crippen LogP contribution in [0.4, 0.5) is 0 Å². The average molecular weight is 504 g/mol. The molecule has 2 heterocycles. The van der Waals surface area contributed by atoms with Crippen LogP contribution in [0.3, 0.4) is 0 Å². The first-order chi connectivity index (χ1) is 16.7. The van der Waals surface area contributed by atoms with E-state index in [4.69, 9.17) is 14.2 Å². The molecular formula is C20H28N2O13. The highest BCUT2D eigenvalue weighted by Gasteiger charge is 2.33. The lowest BCUT2D eigenvalue weighted by Crippen LogP contribution is -2.33. The van der Waals surface area contributed by atoms with Crippen LogP contribution in [0.15, 0.2) is 0 Å². The number of carbonyl (C=O) groups excluding carboxylic acids is 7. The molecule has 0 unspecified atom stereocenters. The minimum Gasteiger partial charge on any atom is -0.463 e. The number of hydrogen-bond donors (Lipinski definition) is 0. The third-order valence-electron chi connectivity index (χ3n) is 4.13. The summed E-state index contributed by atoms with van der Waals surface area (Å²) in [6.45, 7) is 0.656. The van der Waals surface area contributed by atoms with E-state index >= 15 is 0 Å². The Balaban J connectivity index is 0.000000355. The number of hydroxylamine groups is 4. The molecule has 2 fully saturated rings. The van der Waals surface area contributed by atoms with Gasteiger partial charge in [0.2, 0.25) is 0 Å². The number of ether oxygens (including phenoxy) is 4. The molecule has 0 atom stereocenters. The molecular weight excluding hydrogens is 476 g/mol. The van der Waals surface area contributed by atoms with Crippen LogP contribution < -0.4 is 0 Å². The fourth-order valence-corrected chi connectivity index (χ4v) is 2.40. The summed E-state index contributed by atoms with van der Waals surface area (Å²) in [5, 5.41) is 0.931. The largest absolute Gasteiger partial charge is 0.463 e. The monoisotopic (exact) mass is 504 g/mol. The van der Waals surface area contributed by atoms with Crippen molar-refractivity contribution in [3.63, 3.8) is 0 Å². The Hall–Kier alpha value is -3.43. The van der Waals surface area contributed by atoms with Gasteiger partial charge in [0.25, 0.3) is 23.6 Å². The zero-order valence-corrected chi connectivity index (χ0v) is 19.5. The Morgan fingerprint density at radius 1 is 0.629 bits per heavy atom. The maximum atomic E-state index is 11.3. The SMILES string of the molecule is COCCOC(=O)CCC(=O)ON1C(=O)CCC1=O.COCCOCC(=O)ON1C(=O)CCC1=O. The van der Waals surface area contributed by atoms with Gasteiger partial charge in [-0.3, -0.25) is 24.0 Å². The van der Waals surface area contributed by atoms with Gasteiger partial charge in [-0.2, -0.15) is 0 Å². The Bertz CT molecular complexity index is 766. The number of esters is 1. The second kappa shape index (κ2) is 16.2. The van der Waals surface area contributed by atoms with Gasteiger partial charge >= 0.3 is 17.9 Å². The predicted molar refractivity (Wildman–Crippen MR) is 109 cm³/mol. The highest BCUT2D eigenvalue weighted by atomic mass is 16.7. The van der Waals surface area contributed by atoms with Gasteiger partial charge in [0.15, 0.2) is 0 Å². The van der Waals surface area contributed by atoms with E-state index in [1.54, 1.807) is 0 Å². The Labute approximate surface area is 200 Å².